The van der Waals surface area contributed by atoms with Crippen molar-refractivity contribution >= 4 is 12.0 Å². The smallest absolute Gasteiger partial charge is 0.244 e. The van der Waals surface area contributed by atoms with Gasteiger partial charge in [-0.05, 0) is 30.7 Å². The molecule has 1 aromatic heterocycles. The summed E-state index contributed by atoms with van der Waals surface area (Å²) in [5.41, 5.74) is 1.02. The topological polar surface area (TPSA) is 42.0 Å². The number of nitrogens with one attached hydrogen (secondary N) is 1. The van der Waals surface area contributed by atoms with Crippen molar-refractivity contribution in [3.05, 3.63) is 71.6 Å². The fraction of sp³-hybridized carbons (Fsp3) is 0.125. The molecule has 0 aliphatic carbocycles. The van der Waals surface area contributed by atoms with Gasteiger partial charge in [-0.2, -0.15) is 0 Å². The monoisotopic (exact) mass is 288 g/mol. The van der Waals surface area contributed by atoms with Gasteiger partial charge in [0.2, 0.25) is 5.91 Å². The predicted octanol–water partition coefficient (Wildman–Crippen LogP) is 3.25. The second-order valence-electron chi connectivity index (χ2n) is 4.52. The van der Waals surface area contributed by atoms with Crippen LogP contribution in [0.3, 0.4) is 0 Å². The third-order valence-corrected chi connectivity index (χ3v) is 2.90. The molecule has 0 bridgehead atoms. The molecule has 0 aliphatic heterocycles. The molecule has 1 N–H and O–H groups in total. The fourth-order valence-electron chi connectivity index (χ4n) is 1.84. The lowest BCUT2D eigenvalue weighted by molar-refractivity contribution is -0.117. The first-order chi connectivity index (χ1) is 10.1. The van der Waals surface area contributed by atoms with E-state index in [0.717, 1.165) is 17.7 Å². The Kier molecular flexibility index (Phi) is 4.77. The molecule has 1 atom stereocenters. The standard InChI is InChI=1S/C16H14F2N2O/c1-11(14-6-5-13(17)9-15(14)18)20-16(21)7-4-12-3-2-8-19-10-12/h2-11H,1H3,(H,20,21). The molecule has 21 heavy (non-hydrogen) atoms. The van der Waals surface area contributed by atoms with Gasteiger partial charge in [0.15, 0.2) is 0 Å². The van der Waals surface area contributed by atoms with Gasteiger partial charge in [0.05, 0.1) is 6.04 Å². The first kappa shape index (κ1) is 14.8. The van der Waals surface area contributed by atoms with E-state index in [-0.39, 0.29) is 11.5 Å². The van der Waals surface area contributed by atoms with Crippen molar-refractivity contribution in [2.45, 2.75) is 13.0 Å². The highest BCUT2D eigenvalue weighted by Crippen LogP contribution is 2.17. The van der Waals surface area contributed by atoms with Gasteiger partial charge in [-0.1, -0.05) is 12.1 Å². The van der Waals surface area contributed by atoms with Crippen molar-refractivity contribution in [1.82, 2.24) is 10.3 Å². The third kappa shape index (κ3) is 4.21. The van der Waals surface area contributed by atoms with Crippen LogP contribution in [0.25, 0.3) is 6.08 Å². The van der Waals surface area contributed by atoms with E-state index in [1.165, 1.54) is 12.1 Å². The largest absolute Gasteiger partial charge is 0.346 e. The van der Waals surface area contributed by atoms with E-state index >= 15 is 0 Å². The van der Waals surface area contributed by atoms with Gasteiger partial charge in [-0.15, -0.1) is 0 Å². The van der Waals surface area contributed by atoms with Crippen LogP contribution in [0.4, 0.5) is 8.78 Å². The van der Waals surface area contributed by atoms with Gasteiger partial charge < -0.3 is 5.32 Å². The lowest BCUT2D eigenvalue weighted by Gasteiger charge is -2.13. The van der Waals surface area contributed by atoms with E-state index in [0.29, 0.717) is 0 Å². The van der Waals surface area contributed by atoms with Crippen LogP contribution in [0.1, 0.15) is 24.1 Å². The van der Waals surface area contributed by atoms with Crippen LogP contribution in [-0.2, 0) is 4.79 Å². The van der Waals surface area contributed by atoms with Crippen LogP contribution in [-0.4, -0.2) is 10.9 Å². The Balaban J connectivity index is 2.00. The van der Waals surface area contributed by atoms with Crippen molar-refractivity contribution in [2.24, 2.45) is 0 Å². The van der Waals surface area contributed by atoms with Gasteiger partial charge in [0.25, 0.3) is 0 Å². The summed E-state index contributed by atoms with van der Waals surface area (Å²) >= 11 is 0. The van der Waals surface area contributed by atoms with Crippen LogP contribution in [0, 0.1) is 11.6 Å². The van der Waals surface area contributed by atoms with Crippen molar-refractivity contribution in [3.63, 3.8) is 0 Å². The summed E-state index contributed by atoms with van der Waals surface area (Å²) in [6.45, 7) is 1.63. The first-order valence-electron chi connectivity index (χ1n) is 6.40. The maximum atomic E-state index is 13.6. The van der Waals surface area contributed by atoms with Crippen molar-refractivity contribution in [1.29, 1.82) is 0 Å². The summed E-state index contributed by atoms with van der Waals surface area (Å²) in [7, 11) is 0. The highest BCUT2D eigenvalue weighted by molar-refractivity contribution is 5.91. The molecule has 2 aromatic rings. The summed E-state index contributed by atoms with van der Waals surface area (Å²) in [5.74, 6) is -1.69. The number of hydrogen-bond acceptors (Lipinski definition) is 2. The van der Waals surface area contributed by atoms with Crippen molar-refractivity contribution in [3.8, 4) is 0 Å². The Hall–Kier alpha value is -2.56. The molecule has 1 amide bonds. The Morgan fingerprint density at radius 3 is 2.81 bits per heavy atom. The summed E-state index contributed by atoms with van der Waals surface area (Å²) in [6.07, 6.45) is 6.20. The minimum Gasteiger partial charge on any atom is -0.346 e. The minimum atomic E-state index is -0.681. The van der Waals surface area contributed by atoms with Gasteiger partial charge in [-0.25, -0.2) is 8.78 Å². The van der Waals surface area contributed by atoms with E-state index in [2.05, 4.69) is 10.3 Å². The molecule has 0 fully saturated rings. The average Bonchev–Trinajstić information content (AvgIpc) is 2.46. The molecule has 3 nitrogen and oxygen atoms in total. The predicted molar refractivity (Wildman–Crippen MR) is 76.2 cm³/mol. The van der Waals surface area contributed by atoms with Gasteiger partial charge in [-0.3, -0.25) is 9.78 Å². The lowest BCUT2D eigenvalue weighted by atomic mass is 10.1. The van der Waals surface area contributed by atoms with E-state index in [9.17, 15) is 13.6 Å². The zero-order valence-corrected chi connectivity index (χ0v) is 11.4. The number of aromatic nitrogens is 1. The van der Waals surface area contributed by atoms with Crippen LogP contribution in [0.2, 0.25) is 0 Å². The van der Waals surface area contributed by atoms with Crippen LogP contribution < -0.4 is 5.32 Å². The Labute approximate surface area is 121 Å². The maximum absolute atomic E-state index is 13.6. The normalized spacial score (nSPS) is 12.3. The molecule has 0 radical (unpaired) electrons. The number of halogens is 2. The van der Waals surface area contributed by atoms with Crippen molar-refractivity contribution < 1.29 is 13.6 Å². The molecule has 0 saturated heterocycles. The zero-order valence-electron chi connectivity index (χ0n) is 11.4. The molecule has 1 unspecified atom stereocenters. The average molecular weight is 288 g/mol. The van der Waals surface area contributed by atoms with E-state index < -0.39 is 17.7 Å². The molecular weight excluding hydrogens is 274 g/mol. The van der Waals surface area contributed by atoms with E-state index in [4.69, 9.17) is 0 Å². The highest BCUT2D eigenvalue weighted by atomic mass is 19.1. The second kappa shape index (κ2) is 6.74. The number of hydrogen-bond donors (Lipinski definition) is 1. The number of nitrogens with zero attached hydrogens (tertiary/aromatic N) is 1. The van der Waals surface area contributed by atoms with Crippen LogP contribution in [0.15, 0.2) is 48.8 Å². The first-order valence-corrected chi connectivity index (χ1v) is 6.40. The molecular formula is C16H14F2N2O. The summed E-state index contributed by atoms with van der Waals surface area (Å²) in [5, 5.41) is 2.62. The molecule has 108 valence electrons. The maximum Gasteiger partial charge on any atom is 0.244 e. The SMILES string of the molecule is CC(NC(=O)C=Cc1cccnc1)c1ccc(F)cc1F. The Morgan fingerprint density at radius 2 is 2.14 bits per heavy atom. The molecule has 2 rings (SSSR count). The molecule has 0 saturated carbocycles. The third-order valence-electron chi connectivity index (χ3n) is 2.90. The highest BCUT2D eigenvalue weighted by Gasteiger charge is 2.12. The number of carbonyl (C=O) groups excluding carboxylic acids is 1. The minimum absolute atomic E-state index is 0.236. The summed E-state index contributed by atoms with van der Waals surface area (Å²) in [6, 6.07) is 6.28. The van der Waals surface area contributed by atoms with Crippen molar-refractivity contribution in [2.75, 3.05) is 0 Å². The number of pyridine rings is 1. The summed E-state index contributed by atoms with van der Waals surface area (Å²) < 4.78 is 26.4. The van der Waals surface area contributed by atoms with E-state index in [1.807, 2.05) is 0 Å². The molecule has 1 aromatic carbocycles. The van der Waals surface area contributed by atoms with Crippen LogP contribution >= 0.6 is 0 Å². The molecule has 0 aliphatic rings. The molecule has 5 heteroatoms. The fourth-order valence-corrected chi connectivity index (χ4v) is 1.84. The Bertz CT molecular complexity index is 657. The second-order valence-corrected chi connectivity index (χ2v) is 4.52. The molecule has 0 spiro atoms. The molecule has 1 heterocycles. The number of amides is 1. The number of rotatable bonds is 4. The van der Waals surface area contributed by atoms with E-state index in [1.54, 1.807) is 37.5 Å². The van der Waals surface area contributed by atoms with Crippen LogP contribution in [0.5, 0.6) is 0 Å². The quantitative estimate of drug-likeness (QED) is 0.877. The number of benzene rings is 1. The lowest BCUT2D eigenvalue weighted by Crippen LogP contribution is -2.25. The van der Waals surface area contributed by atoms with Gasteiger partial charge in [0.1, 0.15) is 11.6 Å². The van der Waals surface area contributed by atoms with Gasteiger partial charge >= 0.3 is 0 Å². The Morgan fingerprint density at radius 1 is 1.33 bits per heavy atom. The zero-order chi connectivity index (χ0) is 15.2. The summed E-state index contributed by atoms with van der Waals surface area (Å²) in [4.78, 5) is 15.7. The van der Waals surface area contributed by atoms with Gasteiger partial charge in [0, 0.05) is 30.1 Å². The number of carbonyl (C=O) groups is 1.